The van der Waals surface area contributed by atoms with Crippen LogP contribution in [0, 0.1) is 13.8 Å². The Kier molecular flexibility index (Phi) is 9.69. The highest BCUT2D eigenvalue weighted by Crippen LogP contribution is 2.40. The average Bonchev–Trinajstić information content (AvgIpc) is 2.56. The summed E-state index contributed by atoms with van der Waals surface area (Å²) in [5.41, 5.74) is 3.65. The minimum absolute atomic E-state index is 0.0767. The summed E-state index contributed by atoms with van der Waals surface area (Å²) in [5.74, 6) is 1.17. The summed E-state index contributed by atoms with van der Waals surface area (Å²) in [6.07, 6.45) is 0. The van der Waals surface area contributed by atoms with Crippen LogP contribution in [0.15, 0.2) is 36.4 Å². The van der Waals surface area contributed by atoms with E-state index in [-0.39, 0.29) is 10.8 Å². The highest BCUT2D eigenvalue weighted by atomic mass is 31.2. The summed E-state index contributed by atoms with van der Waals surface area (Å²) in [6, 6.07) is 11.6. The van der Waals surface area contributed by atoms with E-state index in [2.05, 4.69) is 41.5 Å². The molecule has 2 aromatic carbocycles. The first-order valence-corrected chi connectivity index (χ1v) is 11.9. The molecule has 0 radical (unpaired) electrons. The van der Waals surface area contributed by atoms with Crippen LogP contribution in [-0.4, -0.2) is 19.6 Å². The first-order valence-electron chi connectivity index (χ1n) is 9.56. The van der Waals surface area contributed by atoms with Gasteiger partial charge >= 0.3 is 17.2 Å². The molecule has 6 nitrogen and oxygen atoms in total. The van der Waals surface area contributed by atoms with Crippen molar-refractivity contribution in [3.63, 3.8) is 0 Å². The van der Waals surface area contributed by atoms with Crippen LogP contribution in [-0.2, 0) is 10.8 Å². The Morgan fingerprint density at radius 2 is 0.900 bits per heavy atom. The van der Waals surface area contributed by atoms with Gasteiger partial charge in [0.15, 0.2) is 0 Å². The molecule has 0 aromatic heterocycles. The van der Waals surface area contributed by atoms with Gasteiger partial charge in [-0.1, -0.05) is 77.9 Å². The fourth-order valence-electron chi connectivity index (χ4n) is 2.89. The van der Waals surface area contributed by atoms with E-state index in [1.54, 1.807) is 0 Å². The standard InChI is InChI=1S/2C11H17O3P/c2*1-8-6-5-7-9(11(2,3)4)10(8)14-15(12)13/h2*5-7,12-13H,1-4H3. The number of hydrogen-bond donors (Lipinski definition) is 4. The normalized spacial score (nSPS) is 11.9. The van der Waals surface area contributed by atoms with Crippen LogP contribution < -0.4 is 9.05 Å². The van der Waals surface area contributed by atoms with Crippen LogP contribution in [0.4, 0.5) is 0 Å². The number of aryl methyl sites for hydroxylation is 2. The molecule has 4 N–H and O–H groups in total. The Hall–Kier alpha value is -1.26. The predicted octanol–water partition coefficient (Wildman–Crippen LogP) is 5.77. The van der Waals surface area contributed by atoms with Crippen LogP contribution in [0.3, 0.4) is 0 Å². The van der Waals surface area contributed by atoms with Gasteiger partial charge in [-0.05, 0) is 35.8 Å². The average molecular weight is 456 g/mol. The molecule has 0 amide bonds. The van der Waals surface area contributed by atoms with E-state index in [9.17, 15) is 0 Å². The fraction of sp³-hybridized carbons (Fsp3) is 0.455. The molecular weight excluding hydrogens is 422 g/mol. The van der Waals surface area contributed by atoms with Crippen LogP contribution in [0.5, 0.6) is 11.5 Å². The maximum atomic E-state index is 8.92. The van der Waals surface area contributed by atoms with Gasteiger partial charge < -0.3 is 28.6 Å². The molecule has 0 saturated carbocycles. The van der Waals surface area contributed by atoms with Crippen molar-refractivity contribution < 1.29 is 28.6 Å². The molecule has 0 aliphatic heterocycles. The number of benzene rings is 2. The van der Waals surface area contributed by atoms with Crippen molar-refractivity contribution in [2.45, 2.75) is 66.2 Å². The molecule has 0 atom stereocenters. The van der Waals surface area contributed by atoms with Crippen LogP contribution in [0.2, 0.25) is 0 Å². The van der Waals surface area contributed by atoms with Gasteiger partial charge in [0.2, 0.25) is 0 Å². The Balaban J connectivity index is 0.000000300. The van der Waals surface area contributed by atoms with Gasteiger partial charge in [0.05, 0.1) is 0 Å². The monoisotopic (exact) mass is 456 g/mol. The van der Waals surface area contributed by atoms with E-state index in [4.69, 9.17) is 28.6 Å². The molecule has 0 saturated heterocycles. The van der Waals surface area contributed by atoms with Gasteiger partial charge in [-0.25, -0.2) is 0 Å². The zero-order valence-corrected chi connectivity index (χ0v) is 20.8. The molecule has 0 fully saturated rings. The maximum Gasteiger partial charge on any atom is 0.391 e. The van der Waals surface area contributed by atoms with Crippen LogP contribution >= 0.6 is 17.2 Å². The molecule has 30 heavy (non-hydrogen) atoms. The lowest BCUT2D eigenvalue weighted by atomic mass is 9.85. The third kappa shape index (κ3) is 8.11. The Morgan fingerprint density at radius 3 is 1.13 bits per heavy atom. The van der Waals surface area contributed by atoms with Gasteiger partial charge in [0.25, 0.3) is 0 Å². The summed E-state index contributed by atoms with van der Waals surface area (Å²) >= 11 is 0. The summed E-state index contributed by atoms with van der Waals surface area (Å²) in [4.78, 5) is 35.7. The molecule has 0 bridgehead atoms. The van der Waals surface area contributed by atoms with Crippen molar-refractivity contribution >= 4 is 17.2 Å². The smallest absolute Gasteiger partial charge is 0.391 e. The first-order chi connectivity index (χ1) is 13.6. The molecule has 0 heterocycles. The molecule has 0 aliphatic carbocycles. The molecular formula is C22H34O6P2. The minimum Gasteiger partial charge on any atom is -0.426 e. The second kappa shape index (κ2) is 10.9. The largest absolute Gasteiger partial charge is 0.426 e. The van der Waals surface area contributed by atoms with E-state index < -0.39 is 17.2 Å². The van der Waals surface area contributed by atoms with Gasteiger partial charge in [0.1, 0.15) is 11.5 Å². The first kappa shape index (κ1) is 26.8. The Morgan fingerprint density at radius 1 is 0.600 bits per heavy atom. The quantitative estimate of drug-likeness (QED) is 0.436. The van der Waals surface area contributed by atoms with Gasteiger partial charge in [-0.3, -0.25) is 0 Å². The maximum absolute atomic E-state index is 8.92. The third-order valence-corrected chi connectivity index (χ3v) is 5.08. The highest BCUT2D eigenvalue weighted by molar-refractivity contribution is 7.40. The summed E-state index contributed by atoms with van der Waals surface area (Å²) in [5, 5.41) is 0. The predicted molar refractivity (Wildman–Crippen MR) is 124 cm³/mol. The van der Waals surface area contributed by atoms with Crippen molar-refractivity contribution in [3.05, 3.63) is 58.7 Å². The van der Waals surface area contributed by atoms with E-state index in [0.29, 0.717) is 11.5 Å². The summed E-state index contributed by atoms with van der Waals surface area (Å²) in [7, 11) is -4.71. The van der Waals surface area contributed by atoms with Crippen molar-refractivity contribution in [2.75, 3.05) is 0 Å². The lowest BCUT2D eigenvalue weighted by Crippen LogP contribution is -2.13. The Labute approximate surface area is 182 Å². The second-order valence-electron chi connectivity index (χ2n) is 9.09. The van der Waals surface area contributed by atoms with E-state index >= 15 is 0 Å². The van der Waals surface area contributed by atoms with Crippen LogP contribution in [0.25, 0.3) is 0 Å². The summed E-state index contributed by atoms with van der Waals surface area (Å²) in [6.45, 7) is 16.2. The zero-order valence-electron chi connectivity index (χ0n) is 19.0. The van der Waals surface area contributed by atoms with E-state index in [0.717, 1.165) is 22.3 Å². The number of rotatable bonds is 4. The van der Waals surface area contributed by atoms with E-state index in [1.165, 1.54) is 0 Å². The lowest BCUT2D eigenvalue weighted by Gasteiger charge is -2.23. The SMILES string of the molecule is Cc1cccc(C(C)(C)C)c1OP(O)O.Cc1cccc(C(C)(C)C)c1OP(O)O. The van der Waals surface area contributed by atoms with Crippen molar-refractivity contribution in [1.82, 2.24) is 0 Å². The molecule has 2 rings (SSSR count). The molecule has 0 unspecified atom stereocenters. The van der Waals surface area contributed by atoms with Gasteiger partial charge in [0, 0.05) is 11.1 Å². The number of hydrogen-bond acceptors (Lipinski definition) is 6. The third-order valence-electron chi connectivity index (χ3n) is 4.39. The molecule has 8 heteroatoms. The highest BCUT2D eigenvalue weighted by Gasteiger charge is 2.22. The topological polar surface area (TPSA) is 99.4 Å². The lowest BCUT2D eigenvalue weighted by molar-refractivity contribution is 0.367. The Bertz CT molecular complexity index is 754. The second-order valence-corrected chi connectivity index (χ2v) is 10.5. The van der Waals surface area contributed by atoms with E-state index in [1.807, 2.05) is 50.2 Å². The van der Waals surface area contributed by atoms with Crippen molar-refractivity contribution in [2.24, 2.45) is 0 Å². The molecule has 168 valence electrons. The number of para-hydroxylation sites is 2. The van der Waals surface area contributed by atoms with Crippen molar-refractivity contribution in [1.29, 1.82) is 0 Å². The van der Waals surface area contributed by atoms with Crippen molar-refractivity contribution in [3.8, 4) is 11.5 Å². The van der Waals surface area contributed by atoms with Crippen LogP contribution in [0.1, 0.15) is 63.8 Å². The minimum atomic E-state index is -2.36. The van der Waals surface area contributed by atoms with Gasteiger partial charge in [-0.15, -0.1) is 0 Å². The fourth-order valence-corrected chi connectivity index (χ4v) is 3.70. The zero-order chi connectivity index (χ0) is 23.3. The molecule has 0 aliphatic rings. The summed E-state index contributed by atoms with van der Waals surface area (Å²) < 4.78 is 10.2. The molecule has 2 aromatic rings. The van der Waals surface area contributed by atoms with Gasteiger partial charge in [-0.2, -0.15) is 0 Å². The molecule has 0 spiro atoms.